The van der Waals surface area contributed by atoms with Crippen LogP contribution in [0.1, 0.15) is 29.5 Å². The zero-order valence-electron chi connectivity index (χ0n) is 17.3. The number of benzene rings is 1. The molecule has 164 valence electrons. The van der Waals surface area contributed by atoms with Crippen molar-refractivity contribution in [1.82, 2.24) is 15.3 Å². The summed E-state index contributed by atoms with van der Waals surface area (Å²) in [6, 6.07) is 8.50. The summed E-state index contributed by atoms with van der Waals surface area (Å²) in [5, 5.41) is 15.4. The second-order valence-electron chi connectivity index (χ2n) is 8.09. The Bertz CT molecular complexity index is 1110. The molecule has 1 aliphatic carbocycles. The Labute approximate surface area is 184 Å². The van der Waals surface area contributed by atoms with E-state index in [1.807, 2.05) is 12.1 Å². The van der Waals surface area contributed by atoms with E-state index in [0.29, 0.717) is 18.4 Å². The molecule has 0 spiro atoms. The molecule has 0 saturated carbocycles. The molecule has 1 fully saturated rings. The van der Waals surface area contributed by atoms with Gasteiger partial charge in [0.15, 0.2) is 18.2 Å². The highest BCUT2D eigenvalue weighted by Gasteiger charge is 2.34. The van der Waals surface area contributed by atoms with E-state index in [4.69, 9.17) is 9.47 Å². The molecule has 2 amide bonds. The van der Waals surface area contributed by atoms with Crippen LogP contribution in [0.3, 0.4) is 0 Å². The van der Waals surface area contributed by atoms with Gasteiger partial charge in [-0.2, -0.15) is 5.26 Å². The minimum absolute atomic E-state index is 0.102. The standard InChI is InChI=1S/C22H22N6O4/c23-9-14-4-1-3-13-7-15(8-17(13)14)24-6-2-5-16-11-28(22(30)32-16)18-10-25-21-20(26-18)27-19(29)12-31-21/h1,3-4,10,15-16,24H,2,5-8,11-12H2,(H,26,27,29). The first-order valence-electron chi connectivity index (χ1n) is 10.6. The molecular weight excluding hydrogens is 412 g/mol. The van der Waals surface area contributed by atoms with E-state index in [9.17, 15) is 14.9 Å². The molecule has 1 aromatic heterocycles. The number of hydrogen-bond acceptors (Lipinski definition) is 8. The molecule has 0 bridgehead atoms. The van der Waals surface area contributed by atoms with E-state index in [1.54, 1.807) is 0 Å². The van der Waals surface area contributed by atoms with Crippen molar-refractivity contribution in [3.63, 3.8) is 0 Å². The van der Waals surface area contributed by atoms with Crippen LogP contribution in [0.2, 0.25) is 0 Å². The number of ether oxygens (including phenoxy) is 2. The van der Waals surface area contributed by atoms with Gasteiger partial charge in [-0.3, -0.25) is 9.69 Å². The van der Waals surface area contributed by atoms with Gasteiger partial charge in [-0.25, -0.2) is 14.8 Å². The van der Waals surface area contributed by atoms with Gasteiger partial charge in [-0.15, -0.1) is 0 Å². The van der Waals surface area contributed by atoms with Crippen molar-refractivity contribution in [2.45, 2.75) is 37.8 Å². The fourth-order valence-electron chi connectivity index (χ4n) is 4.38. The molecule has 0 radical (unpaired) electrons. The van der Waals surface area contributed by atoms with Crippen molar-refractivity contribution in [2.75, 3.05) is 29.9 Å². The van der Waals surface area contributed by atoms with E-state index in [2.05, 4.69) is 32.7 Å². The van der Waals surface area contributed by atoms with Crippen LogP contribution < -0.4 is 20.3 Å². The fourth-order valence-corrected chi connectivity index (χ4v) is 4.38. The number of nitrogens with one attached hydrogen (secondary N) is 2. The number of fused-ring (bicyclic) bond motifs is 2. The lowest BCUT2D eigenvalue weighted by Gasteiger charge is -2.18. The van der Waals surface area contributed by atoms with Crippen LogP contribution >= 0.6 is 0 Å². The topological polar surface area (TPSA) is 129 Å². The first-order valence-corrected chi connectivity index (χ1v) is 10.6. The van der Waals surface area contributed by atoms with Gasteiger partial charge in [0.2, 0.25) is 0 Å². The third-order valence-electron chi connectivity index (χ3n) is 5.92. The summed E-state index contributed by atoms with van der Waals surface area (Å²) in [7, 11) is 0. The molecule has 1 saturated heterocycles. The number of amides is 2. The zero-order valence-corrected chi connectivity index (χ0v) is 17.3. The van der Waals surface area contributed by atoms with Crippen molar-refractivity contribution in [2.24, 2.45) is 0 Å². The van der Waals surface area contributed by atoms with E-state index in [-0.39, 0.29) is 30.3 Å². The molecule has 10 heteroatoms. The number of carbonyl (C=O) groups excluding carboxylic acids is 2. The first kappa shape index (κ1) is 20.2. The quantitative estimate of drug-likeness (QED) is 0.655. The first-order chi connectivity index (χ1) is 15.6. The Kier molecular flexibility index (Phi) is 5.33. The highest BCUT2D eigenvalue weighted by molar-refractivity contribution is 5.94. The maximum absolute atomic E-state index is 12.3. The van der Waals surface area contributed by atoms with Crippen molar-refractivity contribution in [1.29, 1.82) is 5.26 Å². The molecule has 3 aliphatic rings. The SMILES string of the molecule is N#Cc1cccc2c1CC(NCCCC1CN(c3cnc4c(n3)NC(=O)CO4)C(=O)O1)C2. The van der Waals surface area contributed by atoms with Crippen LogP contribution in [-0.2, 0) is 22.4 Å². The molecule has 2 aliphatic heterocycles. The average Bonchev–Trinajstić information content (AvgIpc) is 3.38. The van der Waals surface area contributed by atoms with Crippen LogP contribution in [0.5, 0.6) is 5.88 Å². The molecule has 2 atom stereocenters. The van der Waals surface area contributed by atoms with Gasteiger partial charge in [0.25, 0.3) is 11.8 Å². The van der Waals surface area contributed by atoms with Crippen molar-refractivity contribution >= 4 is 23.6 Å². The number of anilines is 2. The summed E-state index contributed by atoms with van der Waals surface area (Å²) in [4.78, 5) is 33.6. The highest BCUT2D eigenvalue weighted by atomic mass is 16.6. The summed E-state index contributed by atoms with van der Waals surface area (Å²) in [6.07, 6.45) is 4.08. The number of carbonyl (C=O) groups is 2. The number of nitrogens with zero attached hydrogens (tertiary/aromatic N) is 4. The lowest BCUT2D eigenvalue weighted by Crippen LogP contribution is -2.31. The monoisotopic (exact) mass is 434 g/mol. The van der Waals surface area contributed by atoms with Gasteiger partial charge in [-0.05, 0) is 49.4 Å². The van der Waals surface area contributed by atoms with Gasteiger partial charge in [0, 0.05) is 6.04 Å². The number of cyclic esters (lactones) is 1. The van der Waals surface area contributed by atoms with Gasteiger partial charge in [0.1, 0.15) is 6.10 Å². The molecule has 2 aromatic rings. The lowest BCUT2D eigenvalue weighted by molar-refractivity contribution is -0.118. The third-order valence-corrected chi connectivity index (χ3v) is 5.92. The Morgan fingerprint density at radius 2 is 2.22 bits per heavy atom. The maximum atomic E-state index is 12.3. The number of hydrogen-bond donors (Lipinski definition) is 2. The Hall–Kier alpha value is -3.71. The maximum Gasteiger partial charge on any atom is 0.415 e. The van der Waals surface area contributed by atoms with E-state index in [1.165, 1.54) is 16.7 Å². The lowest BCUT2D eigenvalue weighted by atomic mass is 10.0. The summed E-state index contributed by atoms with van der Waals surface area (Å²) in [5.41, 5.74) is 3.16. The summed E-state index contributed by atoms with van der Waals surface area (Å²) in [5.74, 6) is 0.445. The molecule has 10 nitrogen and oxygen atoms in total. The second kappa shape index (κ2) is 8.43. The smallest absolute Gasteiger partial charge is 0.415 e. The predicted octanol–water partition coefficient (Wildman–Crippen LogP) is 1.54. The molecule has 5 rings (SSSR count). The van der Waals surface area contributed by atoms with Gasteiger partial charge < -0.3 is 20.1 Å². The molecule has 1 aromatic carbocycles. The van der Waals surface area contributed by atoms with Crippen LogP contribution in [0, 0.1) is 11.3 Å². The molecule has 32 heavy (non-hydrogen) atoms. The third kappa shape index (κ3) is 3.94. The minimum atomic E-state index is -0.476. The predicted molar refractivity (Wildman–Crippen MR) is 113 cm³/mol. The van der Waals surface area contributed by atoms with Gasteiger partial charge in [0.05, 0.1) is 24.4 Å². The summed E-state index contributed by atoms with van der Waals surface area (Å²) < 4.78 is 10.7. The summed E-state index contributed by atoms with van der Waals surface area (Å²) >= 11 is 0. The van der Waals surface area contributed by atoms with Gasteiger partial charge in [-0.1, -0.05) is 12.1 Å². The average molecular weight is 434 g/mol. The second-order valence-corrected chi connectivity index (χ2v) is 8.09. The van der Waals surface area contributed by atoms with Crippen LogP contribution in [0.15, 0.2) is 24.4 Å². The highest BCUT2D eigenvalue weighted by Crippen LogP contribution is 2.28. The fraction of sp³-hybridized carbons (Fsp3) is 0.409. The normalized spacial score (nSPS) is 21.3. The molecule has 2 N–H and O–H groups in total. The molecular formula is C22H22N6O4. The zero-order chi connectivity index (χ0) is 22.1. The van der Waals surface area contributed by atoms with E-state index >= 15 is 0 Å². The van der Waals surface area contributed by atoms with Crippen LogP contribution in [0.4, 0.5) is 16.4 Å². The summed E-state index contributed by atoms with van der Waals surface area (Å²) in [6.45, 7) is 1.08. The Morgan fingerprint density at radius 1 is 1.31 bits per heavy atom. The molecule has 3 heterocycles. The van der Waals surface area contributed by atoms with Gasteiger partial charge >= 0.3 is 6.09 Å². The Morgan fingerprint density at radius 3 is 3.09 bits per heavy atom. The number of rotatable bonds is 6. The van der Waals surface area contributed by atoms with E-state index < -0.39 is 6.09 Å². The largest absolute Gasteiger partial charge is 0.465 e. The Balaban J connectivity index is 1.10. The van der Waals surface area contributed by atoms with Crippen molar-refractivity contribution < 1.29 is 19.1 Å². The minimum Gasteiger partial charge on any atom is -0.465 e. The number of nitriles is 1. The van der Waals surface area contributed by atoms with Crippen LogP contribution in [-0.4, -0.2) is 53.8 Å². The van der Waals surface area contributed by atoms with E-state index in [0.717, 1.165) is 43.4 Å². The van der Waals surface area contributed by atoms with Crippen molar-refractivity contribution in [3.8, 4) is 11.9 Å². The van der Waals surface area contributed by atoms with Crippen LogP contribution in [0.25, 0.3) is 0 Å². The molecule has 2 unspecified atom stereocenters. The number of aromatic nitrogens is 2. The van der Waals surface area contributed by atoms with Crippen molar-refractivity contribution in [3.05, 3.63) is 41.1 Å².